The molecule has 1 saturated heterocycles. The lowest BCUT2D eigenvalue weighted by atomic mass is 10.1. The van der Waals surface area contributed by atoms with Crippen molar-refractivity contribution < 1.29 is 14.6 Å². The highest BCUT2D eigenvalue weighted by atomic mass is 16.5. The van der Waals surface area contributed by atoms with Crippen molar-refractivity contribution in [3.05, 3.63) is 0 Å². The Morgan fingerprint density at radius 1 is 1.77 bits per heavy atom. The van der Waals surface area contributed by atoms with Crippen LogP contribution in [0.1, 0.15) is 6.42 Å². The van der Waals surface area contributed by atoms with Crippen molar-refractivity contribution in [1.29, 1.82) is 0 Å². The average Bonchev–Trinajstić information content (AvgIpc) is 2.56. The molecule has 0 aliphatic carbocycles. The van der Waals surface area contributed by atoms with Crippen LogP contribution in [-0.4, -0.2) is 43.4 Å². The summed E-state index contributed by atoms with van der Waals surface area (Å²) in [7, 11) is 0. The van der Waals surface area contributed by atoms with Gasteiger partial charge < -0.3 is 20.9 Å². The van der Waals surface area contributed by atoms with E-state index in [0.29, 0.717) is 5.92 Å². The van der Waals surface area contributed by atoms with E-state index in [1.54, 1.807) is 0 Å². The van der Waals surface area contributed by atoms with E-state index in [-0.39, 0.29) is 6.54 Å². The van der Waals surface area contributed by atoms with Gasteiger partial charge >= 0.3 is 0 Å². The fourth-order valence-electron chi connectivity index (χ4n) is 1.27. The van der Waals surface area contributed by atoms with E-state index >= 15 is 0 Å². The molecule has 1 heterocycles. The Bertz CT molecular complexity index is 169. The quantitative estimate of drug-likeness (QED) is 0.488. The Balaban J connectivity index is 2.02. The van der Waals surface area contributed by atoms with E-state index < -0.39 is 12.0 Å². The molecule has 1 aliphatic rings. The molecule has 0 spiro atoms. The SMILES string of the molecule is NC(=O)C(O)CNCC1CCOC1. The van der Waals surface area contributed by atoms with Gasteiger partial charge in [0.25, 0.3) is 0 Å². The molecule has 1 rings (SSSR count). The molecule has 13 heavy (non-hydrogen) atoms. The van der Waals surface area contributed by atoms with Gasteiger partial charge in [0.1, 0.15) is 6.10 Å². The second-order valence-corrected chi connectivity index (χ2v) is 3.31. The van der Waals surface area contributed by atoms with Gasteiger partial charge in [0.05, 0.1) is 6.61 Å². The van der Waals surface area contributed by atoms with Gasteiger partial charge in [-0.05, 0) is 12.3 Å². The molecule has 2 atom stereocenters. The highest BCUT2D eigenvalue weighted by Crippen LogP contribution is 2.10. The summed E-state index contributed by atoms with van der Waals surface area (Å²) >= 11 is 0. The summed E-state index contributed by atoms with van der Waals surface area (Å²) in [5, 5.41) is 12.0. The molecule has 0 saturated carbocycles. The number of carbonyl (C=O) groups excluding carboxylic acids is 1. The maximum atomic E-state index is 10.4. The largest absolute Gasteiger partial charge is 0.382 e. The minimum Gasteiger partial charge on any atom is -0.382 e. The summed E-state index contributed by atoms with van der Waals surface area (Å²) in [5.41, 5.74) is 4.88. The van der Waals surface area contributed by atoms with Crippen molar-refractivity contribution in [2.24, 2.45) is 11.7 Å². The van der Waals surface area contributed by atoms with E-state index in [4.69, 9.17) is 15.6 Å². The highest BCUT2D eigenvalue weighted by Gasteiger charge is 2.16. The second kappa shape index (κ2) is 5.16. The number of amides is 1. The van der Waals surface area contributed by atoms with Gasteiger partial charge in [0.15, 0.2) is 0 Å². The number of rotatable bonds is 5. The molecule has 1 amide bonds. The Labute approximate surface area is 77.2 Å². The number of nitrogens with two attached hydrogens (primary N) is 1. The molecule has 4 N–H and O–H groups in total. The van der Waals surface area contributed by atoms with Crippen molar-refractivity contribution in [2.45, 2.75) is 12.5 Å². The molecule has 0 radical (unpaired) electrons. The monoisotopic (exact) mass is 188 g/mol. The third-order valence-corrected chi connectivity index (χ3v) is 2.12. The van der Waals surface area contributed by atoms with Crippen molar-refractivity contribution in [3.8, 4) is 0 Å². The number of nitrogens with one attached hydrogen (secondary N) is 1. The summed E-state index contributed by atoms with van der Waals surface area (Å²) in [6.07, 6.45) is -0.0398. The van der Waals surface area contributed by atoms with E-state index in [1.165, 1.54) is 0 Å². The first-order valence-corrected chi connectivity index (χ1v) is 4.46. The maximum absolute atomic E-state index is 10.4. The molecule has 0 bridgehead atoms. The van der Waals surface area contributed by atoms with Crippen LogP contribution in [-0.2, 0) is 9.53 Å². The van der Waals surface area contributed by atoms with E-state index in [2.05, 4.69) is 5.32 Å². The topological polar surface area (TPSA) is 84.6 Å². The van der Waals surface area contributed by atoms with Crippen molar-refractivity contribution in [3.63, 3.8) is 0 Å². The predicted octanol–water partition coefficient (Wildman–Crippen LogP) is -1.54. The van der Waals surface area contributed by atoms with Gasteiger partial charge in [-0.25, -0.2) is 0 Å². The van der Waals surface area contributed by atoms with Gasteiger partial charge in [-0.1, -0.05) is 0 Å². The third kappa shape index (κ3) is 3.71. The maximum Gasteiger partial charge on any atom is 0.247 e. The molecule has 2 unspecified atom stereocenters. The molecular formula is C8H16N2O3. The normalized spacial score (nSPS) is 24.5. The Hall–Kier alpha value is -0.650. The Morgan fingerprint density at radius 2 is 2.54 bits per heavy atom. The van der Waals surface area contributed by atoms with Crippen molar-refractivity contribution in [2.75, 3.05) is 26.3 Å². The van der Waals surface area contributed by atoms with Crippen molar-refractivity contribution >= 4 is 5.91 Å². The number of aliphatic hydroxyl groups is 1. The zero-order valence-corrected chi connectivity index (χ0v) is 7.53. The first-order valence-electron chi connectivity index (χ1n) is 4.46. The fraction of sp³-hybridized carbons (Fsp3) is 0.875. The van der Waals surface area contributed by atoms with Crippen LogP contribution < -0.4 is 11.1 Å². The van der Waals surface area contributed by atoms with Crippen LogP contribution in [0.3, 0.4) is 0 Å². The molecule has 76 valence electrons. The molecule has 5 nitrogen and oxygen atoms in total. The lowest BCUT2D eigenvalue weighted by Gasteiger charge is -2.11. The summed E-state index contributed by atoms with van der Waals surface area (Å²) in [5.74, 6) is -0.185. The minimum atomic E-state index is -1.08. The predicted molar refractivity (Wildman–Crippen MR) is 47.0 cm³/mol. The standard InChI is InChI=1S/C8H16N2O3/c9-8(12)7(11)4-10-3-6-1-2-13-5-6/h6-7,10-11H,1-5H2,(H2,9,12). The molecule has 5 heteroatoms. The third-order valence-electron chi connectivity index (χ3n) is 2.12. The lowest BCUT2D eigenvalue weighted by Crippen LogP contribution is -2.39. The molecule has 0 aromatic rings. The smallest absolute Gasteiger partial charge is 0.247 e. The second-order valence-electron chi connectivity index (χ2n) is 3.31. The first kappa shape index (κ1) is 10.4. The number of hydrogen-bond donors (Lipinski definition) is 3. The average molecular weight is 188 g/mol. The lowest BCUT2D eigenvalue weighted by molar-refractivity contribution is -0.125. The number of carbonyl (C=O) groups is 1. The highest BCUT2D eigenvalue weighted by molar-refractivity contribution is 5.78. The van der Waals surface area contributed by atoms with Gasteiger partial charge in [0.2, 0.25) is 5.91 Å². The van der Waals surface area contributed by atoms with E-state index in [9.17, 15) is 4.79 Å². The number of hydrogen-bond acceptors (Lipinski definition) is 4. The number of ether oxygens (including phenoxy) is 1. The Kier molecular flexibility index (Phi) is 4.14. The zero-order valence-electron chi connectivity index (χ0n) is 7.53. The zero-order chi connectivity index (χ0) is 9.68. The molecule has 0 aromatic heterocycles. The number of aliphatic hydroxyl groups excluding tert-OH is 1. The van der Waals surface area contributed by atoms with Crippen molar-refractivity contribution in [1.82, 2.24) is 5.32 Å². The van der Waals surface area contributed by atoms with E-state index in [0.717, 1.165) is 26.2 Å². The summed E-state index contributed by atoms with van der Waals surface area (Å²) < 4.78 is 5.17. The van der Waals surface area contributed by atoms with Crippen LogP contribution in [0.2, 0.25) is 0 Å². The molecular weight excluding hydrogens is 172 g/mol. The summed E-state index contributed by atoms with van der Waals surface area (Å²) in [6.45, 7) is 2.57. The van der Waals surface area contributed by atoms with Crippen LogP contribution in [0.4, 0.5) is 0 Å². The van der Waals surface area contributed by atoms with Crippen LogP contribution >= 0.6 is 0 Å². The van der Waals surface area contributed by atoms with Gasteiger partial charge in [-0.3, -0.25) is 4.79 Å². The summed E-state index contributed by atoms with van der Waals surface area (Å²) in [4.78, 5) is 10.4. The minimum absolute atomic E-state index is 0.228. The van der Waals surface area contributed by atoms with Crippen LogP contribution in [0.5, 0.6) is 0 Å². The molecule has 0 aromatic carbocycles. The van der Waals surface area contributed by atoms with Crippen LogP contribution in [0, 0.1) is 5.92 Å². The van der Waals surface area contributed by atoms with Gasteiger partial charge in [-0.15, -0.1) is 0 Å². The van der Waals surface area contributed by atoms with Gasteiger partial charge in [-0.2, -0.15) is 0 Å². The van der Waals surface area contributed by atoms with Gasteiger partial charge in [0, 0.05) is 19.7 Å². The van der Waals surface area contributed by atoms with Crippen LogP contribution in [0.15, 0.2) is 0 Å². The van der Waals surface area contributed by atoms with E-state index in [1.807, 2.05) is 0 Å². The van der Waals surface area contributed by atoms with Crippen LogP contribution in [0.25, 0.3) is 0 Å². The molecule has 1 fully saturated rings. The summed E-state index contributed by atoms with van der Waals surface area (Å²) in [6, 6.07) is 0. The Morgan fingerprint density at radius 3 is 3.08 bits per heavy atom. The number of primary amides is 1. The molecule has 1 aliphatic heterocycles. The fourth-order valence-corrected chi connectivity index (χ4v) is 1.27. The first-order chi connectivity index (χ1) is 6.20.